The van der Waals surface area contributed by atoms with Gasteiger partial charge in [-0.3, -0.25) is 0 Å². The second kappa shape index (κ2) is 6.04. The van der Waals surface area contributed by atoms with Crippen LogP contribution in [0.25, 0.3) is 0 Å². The number of anilines is 2. The Morgan fingerprint density at radius 2 is 1.53 bits per heavy atom. The highest BCUT2D eigenvalue weighted by Gasteiger charge is 2.11. The van der Waals surface area contributed by atoms with Gasteiger partial charge in [-0.25, -0.2) is 4.79 Å². The van der Waals surface area contributed by atoms with Crippen molar-refractivity contribution in [3.8, 4) is 0 Å². The van der Waals surface area contributed by atoms with Gasteiger partial charge in [0.25, 0.3) is 0 Å². The molecule has 0 aliphatic carbocycles. The number of amides is 2. The molecule has 2 rings (SSSR count). The Labute approximate surface area is 111 Å². The highest BCUT2D eigenvalue weighted by Crippen LogP contribution is 2.08. The number of urea groups is 1. The number of carbonyl (C=O) groups excluding carboxylic acids is 1. The molecule has 0 bridgehead atoms. The number of hydrogen-bond donors (Lipinski definition) is 4. The van der Waals surface area contributed by atoms with E-state index in [1.807, 2.05) is 18.2 Å². The Hall–Kier alpha value is -2.31. The molecule has 0 heterocycles. The molecule has 0 fully saturated rings. The summed E-state index contributed by atoms with van der Waals surface area (Å²) in [5.41, 5.74) is 1.48. The molecule has 5 nitrogen and oxygen atoms in total. The van der Waals surface area contributed by atoms with Crippen molar-refractivity contribution in [2.75, 3.05) is 10.6 Å². The molecular weight excluding hydrogens is 243 g/mol. The summed E-state index contributed by atoms with van der Waals surface area (Å²) in [7, 11) is -1.56. The first-order valence-corrected chi connectivity index (χ1v) is 5.74. The molecule has 0 spiro atoms. The van der Waals surface area contributed by atoms with Crippen LogP contribution in [0.2, 0.25) is 0 Å². The van der Waals surface area contributed by atoms with Crippen LogP contribution in [0.5, 0.6) is 0 Å². The van der Waals surface area contributed by atoms with Gasteiger partial charge in [-0.2, -0.15) is 0 Å². The lowest BCUT2D eigenvalue weighted by molar-refractivity contribution is 0.262. The van der Waals surface area contributed by atoms with E-state index in [0.717, 1.165) is 0 Å². The minimum absolute atomic E-state index is 0.317. The van der Waals surface area contributed by atoms with Crippen LogP contribution in [0.3, 0.4) is 0 Å². The number of hydrogen-bond acceptors (Lipinski definition) is 3. The first-order chi connectivity index (χ1) is 9.15. The second-order valence-electron chi connectivity index (χ2n) is 3.94. The Bertz CT molecular complexity index is 561. The van der Waals surface area contributed by atoms with E-state index in [4.69, 9.17) is 10.0 Å². The predicted molar refractivity (Wildman–Crippen MR) is 75.4 cm³/mol. The lowest BCUT2D eigenvalue weighted by atomic mass is 9.80. The summed E-state index contributed by atoms with van der Waals surface area (Å²) in [5, 5.41) is 23.4. The monoisotopic (exact) mass is 256 g/mol. The van der Waals surface area contributed by atoms with Crippen molar-refractivity contribution in [2.24, 2.45) is 0 Å². The maximum absolute atomic E-state index is 11.7. The molecule has 6 heteroatoms. The van der Waals surface area contributed by atoms with Gasteiger partial charge in [0.15, 0.2) is 0 Å². The molecule has 0 atom stereocenters. The average molecular weight is 256 g/mol. The largest absolute Gasteiger partial charge is 0.488 e. The molecule has 2 amide bonds. The summed E-state index contributed by atoms with van der Waals surface area (Å²) in [6, 6.07) is 15.0. The summed E-state index contributed by atoms with van der Waals surface area (Å²) in [5.74, 6) is 0. The fraction of sp³-hybridized carbons (Fsp3) is 0. The van der Waals surface area contributed by atoms with E-state index in [1.54, 1.807) is 30.3 Å². The van der Waals surface area contributed by atoms with Crippen LogP contribution < -0.4 is 16.1 Å². The topological polar surface area (TPSA) is 81.6 Å². The minimum Gasteiger partial charge on any atom is -0.423 e. The van der Waals surface area contributed by atoms with Crippen molar-refractivity contribution in [1.29, 1.82) is 0 Å². The Kier molecular flexibility index (Phi) is 4.17. The number of nitrogens with one attached hydrogen (secondary N) is 2. The van der Waals surface area contributed by atoms with Gasteiger partial charge < -0.3 is 20.7 Å². The van der Waals surface area contributed by atoms with Crippen molar-refractivity contribution in [3.05, 3.63) is 54.6 Å². The highest BCUT2D eigenvalue weighted by molar-refractivity contribution is 6.58. The first-order valence-electron chi connectivity index (χ1n) is 5.74. The van der Waals surface area contributed by atoms with Gasteiger partial charge in [0.2, 0.25) is 0 Å². The summed E-state index contributed by atoms with van der Waals surface area (Å²) in [4.78, 5) is 11.7. The van der Waals surface area contributed by atoms with E-state index in [9.17, 15) is 4.79 Å². The third-order valence-electron chi connectivity index (χ3n) is 2.47. The van der Waals surface area contributed by atoms with Gasteiger partial charge in [-0.05, 0) is 29.7 Å². The quantitative estimate of drug-likeness (QED) is 0.618. The highest BCUT2D eigenvalue weighted by atomic mass is 16.4. The van der Waals surface area contributed by atoms with E-state index in [1.165, 1.54) is 6.07 Å². The Balaban J connectivity index is 2.01. The van der Waals surface area contributed by atoms with Gasteiger partial charge in [0, 0.05) is 11.4 Å². The maximum atomic E-state index is 11.7. The molecule has 0 aromatic heterocycles. The number of carbonyl (C=O) groups is 1. The molecule has 0 aliphatic heterocycles. The summed E-state index contributed by atoms with van der Waals surface area (Å²) in [6.45, 7) is 0. The van der Waals surface area contributed by atoms with Gasteiger partial charge in [-0.1, -0.05) is 30.3 Å². The normalized spacial score (nSPS) is 9.79. The van der Waals surface area contributed by atoms with Crippen molar-refractivity contribution in [1.82, 2.24) is 0 Å². The third-order valence-corrected chi connectivity index (χ3v) is 2.47. The molecule has 2 aromatic carbocycles. The van der Waals surface area contributed by atoms with E-state index in [-0.39, 0.29) is 0 Å². The zero-order chi connectivity index (χ0) is 13.7. The number of benzene rings is 2. The fourth-order valence-corrected chi connectivity index (χ4v) is 1.59. The third kappa shape index (κ3) is 3.84. The molecule has 2 aromatic rings. The Morgan fingerprint density at radius 1 is 0.895 bits per heavy atom. The van der Waals surface area contributed by atoms with Crippen molar-refractivity contribution in [2.45, 2.75) is 0 Å². The van der Waals surface area contributed by atoms with Gasteiger partial charge in [-0.15, -0.1) is 0 Å². The number of rotatable bonds is 3. The molecule has 0 aliphatic rings. The minimum atomic E-state index is -1.56. The zero-order valence-corrected chi connectivity index (χ0v) is 10.1. The van der Waals surface area contributed by atoms with E-state index in [2.05, 4.69) is 10.6 Å². The predicted octanol–water partition coefficient (Wildman–Crippen LogP) is 1.01. The molecule has 0 saturated carbocycles. The van der Waals surface area contributed by atoms with Crippen LogP contribution in [0.4, 0.5) is 16.2 Å². The summed E-state index contributed by atoms with van der Waals surface area (Å²) < 4.78 is 0. The Morgan fingerprint density at radius 3 is 2.21 bits per heavy atom. The average Bonchev–Trinajstić information content (AvgIpc) is 2.40. The van der Waals surface area contributed by atoms with Crippen LogP contribution in [0.15, 0.2) is 54.6 Å². The molecule has 19 heavy (non-hydrogen) atoms. The van der Waals surface area contributed by atoms with Crippen LogP contribution in [-0.2, 0) is 0 Å². The van der Waals surface area contributed by atoms with Crippen molar-refractivity contribution < 1.29 is 14.8 Å². The fourth-order valence-electron chi connectivity index (χ4n) is 1.59. The van der Waals surface area contributed by atoms with Crippen molar-refractivity contribution in [3.63, 3.8) is 0 Å². The zero-order valence-electron chi connectivity index (χ0n) is 10.1. The first kappa shape index (κ1) is 13.1. The lowest BCUT2D eigenvalue weighted by Crippen LogP contribution is -2.30. The van der Waals surface area contributed by atoms with E-state index >= 15 is 0 Å². The number of para-hydroxylation sites is 1. The molecule has 4 N–H and O–H groups in total. The van der Waals surface area contributed by atoms with Gasteiger partial charge in [0.1, 0.15) is 0 Å². The van der Waals surface area contributed by atoms with Crippen molar-refractivity contribution >= 4 is 30.0 Å². The van der Waals surface area contributed by atoms with E-state index < -0.39 is 13.1 Å². The standard InChI is InChI=1S/C13H13BN2O3/c17-13(15-11-6-2-1-3-7-11)16-12-8-4-5-10(9-12)14(18)19/h1-9,18-19H,(H2,15,16,17). The molecule has 0 saturated heterocycles. The maximum Gasteiger partial charge on any atom is 0.488 e. The van der Waals surface area contributed by atoms with Crippen LogP contribution in [0, 0.1) is 0 Å². The second-order valence-corrected chi connectivity index (χ2v) is 3.94. The van der Waals surface area contributed by atoms with Gasteiger partial charge in [0.05, 0.1) is 0 Å². The lowest BCUT2D eigenvalue weighted by Gasteiger charge is -2.08. The van der Waals surface area contributed by atoms with Crippen LogP contribution in [-0.4, -0.2) is 23.2 Å². The van der Waals surface area contributed by atoms with E-state index in [0.29, 0.717) is 16.8 Å². The van der Waals surface area contributed by atoms with Gasteiger partial charge >= 0.3 is 13.1 Å². The molecular formula is C13H13BN2O3. The smallest absolute Gasteiger partial charge is 0.423 e. The molecule has 96 valence electrons. The summed E-state index contributed by atoms with van der Waals surface area (Å²) >= 11 is 0. The van der Waals surface area contributed by atoms with Crippen LogP contribution in [0.1, 0.15) is 0 Å². The SMILES string of the molecule is O=C(Nc1ccccc1)Nc1cccc(B(O)O)c1. The molecule has 0 radical (unpaired) electrons. The summed E-state index contributed by atoms with van der Waals surface area (Å²) in [6.07, 6.45) is 0. The van der Waals surface area contributed by atoms with Crippen LogP contribution >= 0.6 is 0 Å². The molecule has 0 unspecified atom stereocenters.